The summed E-state index contributed by atoms with van der Waals surface area (Å²) in [6.07, 6.45) is 0. The Morgan fingerprint density at radius 3 is 2.38 bits per heavy atom. The number of hydrogen-bond acceptors (Lipinski definition) is 4. The smallest absolute Gasteiger partial charge is 0.275 e. The number of pyridine rings is 1. The first-order valence-corrected chi connectivity index (χ1v) is 5.43. The van der Waals surface area contributed by atoms with E-state index in [-0.39, 0.29) is 11.6 Å². The minimum absolute atomic E-state index is 0.0411. The number of rotatable bonds is 3. The van der Waals surface area contributed by atoms with Crippen LogP contribution in [0.15, 0.2) is 18.2 Å². The van der Waals surface area contributed by atoms with E-state index in [0.717, 1.165) is 6.07 Å². The summed E-state index contributed by atoms with van der Waals surface area (Å²) in [4.78, 5) is 12.7. The molecule has 0 saturated carbocycles. The summed E-state index contributed by atoms with van der Waals surface area (Å²) in [5.74, 6) is -7.25. The van der Waals surface area contributed by atoms with Crippen molar-refractivity contribution in [1.82, 2.24) is 4.98 Å². The van der Waals surface area contributed by atoms with E-state index in [0.29, 0.717) is 6.07 Å². The lowest BCUT2D eigenvalue weighted by Gasteiger charge is -2.08. The number of benzene rings is 1. The monoisotopic (exact) mass is 302 g/mol. The number of aryl methyl sites for hydroxylation is 1. The summed E-state index contributed by atoms with van der Waals surface area (Å²) in [5, 5.41) is 10.6. The van der Waals surface area contributed by atoms with Crippen LogP contribution in [0.3, 0.4) is 0 Å². The van der Waals surface area contributed by atoms with E-state index in [9.17, 15) is 27.7 Å². The first-order valence-electron chi connectivity index (χ1n) is 5.43. The van der Waals surface area contributed by atoms with Crippen molar-refractivity contribution < 1.29 is 27.2 Å². The first-order chi connectivity index (χ1) is 9.79. The molecule has 0 radical (unpaired) electrons. The van der Waals surface area contributed by atoms with Gasteiger partial charge < -0.3 is 4.74 Å². The fourth-order valence-electron chi connectivity index (χ4n) is 1.52. The Balaban J connectivity index is 2.43. The molecule has 0 aliphatic heterocycles. The van der Waals surface area contributed by atoms with E-state index in [1.54, 1.807) is 0 Å². The third-order valence-corrected chi connectivity index (χ3v) is 2.51. The van der Waals surface area contributed by atoms with Crippen molar-refractivity contribution in [3.63, 3.8) is 0 Å². The number of nitro benzene ring substituents is 1. The molecule has 0 aliphatic carbocycles. The van der Waals surface area contributed by atoms with Crippen LogP contribution in [0.25, 0.3) is 0 Å². The molecule has 1 aromatic heterocycles. The van der Waals surface area contributed by atoms with Gasteiger partial charge in [-0.25, -0.2) is 13.2 Å². The molecule has 0 fully saturated rings. The summed E-state index contributed by atoms with van der Waals surface area (Å²) in [6, 6.07) is 1.69. The molecular weight excluding hydrogens is 296 g/mol. The van der Waals surface area contributed by atoms with E-state index in [1.807, 2.05) is 0 Å². The van der Waals surface area contributed by atoms with Gasteiger partial charge in [0.1, 0.15) is 0 Å². The quantitative estimate of drug-likeness (QED) is 0.376. The van der Waals surface area contributed by atoms with Crippen LogP contribution in [0.2, 0.25) is 0 Å². The van der Waals surface area contributed by atoms with Gasteiger partial charge in [-0.1, -0.05) is 0 Å². The summed E-state index contributed by atoms with van der Waals surface area (Å²) in [6.45, 7) is 1.31. The van der Waals surface area contributed by atoms with Crippen molar-refractivity contribution in [3.8, 4) is 11.6 Å². The molecular formula is C12H6F4N2O3. The van der Waals surface area contributed by atoms with E-state index < -0.39 is 45.6 Å². The predicted molar refractivity (Wildman–Crippen MR) is 62.0 cm³/mol. The molecule has 9 heteroatoms. The lowest BCUT2D eigenvalue weighted by atomic mass is 10.2. The molecule has 0 atom stereocenters. The lowest BCUT2D eigenvalue weighted by molar-refractivity contribution is -0.385. The number of nitro groups is 1. The second kappa shape index (κ2) is 5.35. The lowest BCUT2D eigenvalue weighted by Crippen LogP contribution is -2.00. The normalized spacial score (nSPS) is 10.5. The van der Waals surface area contributed by atoms with E-state index in [2.05, 4.69) is 4.98 Å². The maximum absolute atomic E-state index is 13.6. The van der Waals surface area contributed by atoms with Crippen LogP contribution < -0.4 is 4.74 Å². The molecule has 0 saturated heterocycles. The highest BCUT2D eigenvalue weighted by molar-refractivity contribution is 5.46. The summed E-state index contributed by atoms with van der Waals surface area (Å²) in [5.41, 5.74) is -0.460. The van der Waals surface area contributed by atoms with Gasteiger partial charge in [0, 0.05) is 11.6 Å². The van der Waals surface area contributed by atoms with E-state index in [4.69, 9.17) is 4.74 Å². The van der Waals surface area contributed by atoms with Gasteiger partial charge >= 0.3 is 0 Å². The number of nitrogens with zero attached hydrogens (tertiary/aromatic N) is 2. The van der Waals surface area contributed by atoms with Crippen molar-refractivity contribution >= 4 is 5.69 Å². The summed E-state index contributed by atoms with van der Waals surface area (Å²) < 4.78 is 57.3. The molecule has 21 heavy (non-hydrogen) atoms. The molecule has 1 heterocycles. The highest BCUT2D eigenvalue weighted by Gasteiger charge is 2.19. The summed E-state index contributed by atoms with van der Waals surface area (Å²) >= 11 is 0. The van der Waals surface area contributed by atoms with Gasteiger partial charge in [0.25, 0.3) is 17.5 Å². The Hall–Kier alpha value is -2.71. The highest BCUT2D eigenvalue weighted by Crippen LogP contribution is 2.31. The van der Waals surface area contributed by atoms with Crippen LogP contribution >= 0.6 is 0 Å². The second-order valence-corrected chi connectivity index (χ2v) is 3.98. The largest absolute Gasteiger partial charge is 0.433 e. The van der Waals surface area contributed by atoms with Crippen LogP contribution in [-0.4, -0.2) is 9.91 Å². The van der Waals surface area contributed by atoms with Crippen LogP contribution in [0.1, 0.15) is 5.56 Å². The zero-order chi connectivity index (χ0) is 15.7. The average Bonchev–Trinajstić information content (AvgIpc) is 2.39. The molecule has 2 rings (SSSR count). The van der Waals surface area contributed by atoms with Gasteiger partial charge in [0.2, 0.25) is 0 Å². The number of ether oxygens (including phenoxy) is 1. The summed E-state index contributed by atoms with van der Waals surface area (Å²) in [7, 11) is 0. The fourth-order valence-corrected chi connectivity index (χ4v) is 1.52. The Bertz CT molecular complexity index is 737. The molecule has 0 N–H and O–H groups in total. The standard InChI is InChI=1S/C12H6F4N2O3/c1-5-2-10(6(13)4-9(5)18(19)20)21-12-8(15)3-7(14)11(16)17-12/h2-4H,1H3. The Morgan fingerprint density at radius 1 is 1.10 bits per heavy atom. The molecule has 2 aromatic rings. The maximum Gasteiger partial charge on any atom is 0.275 e. The van der Waals surface area contributed by atoms with Crippen LogP contribution in [0.5, 0.6) is 11.6 Å². The van der Waals surface area contributed by atoms with Crippen LogP contribution in [-0.2, 0) is 0 Å². The third kappa shape index (κ3) is 2.91. The van der Waals surface area contributed by atoms with Gasteiger partial charge in [-0.15, -0.1) is 0 Å². The SMILES string of the molecule is Cc1cc(Oc2nc(F)c(F)cc2F)c(F)cc1[N+](=O)[O-]. The Kier molecular flexibility index (Phi) is 3.74. The first kappa shape index (κ1) is 14.7. The predicted octanol–water partition coefficient (Wildman–Crippen LogP) is 3.65. The van der Waals surface area contributed by atoms with Gasteiger partial charge in [0.15, 0.2) is 23.2 Å². The van der Waals surface area contributed by atoms with Crippen LogP contribution in [0.4, 0.5) is 23.2 Å². The molecule has 0 aliphatic rings. The Morgan fingerprint density at radius 2 is 1.76 bits per heavy atom. The molecule has 1 aromatic carbocycles. The van der Waals surface area contributed by atoms with Gasteiger partial charge in [-0.05, 0) is 13.0 Å². The van der Waals surface area contributed by atoms with Crippen molar-refractivity contribution in [2.24, 2.45) is 0 Å². The molecule has 0 bridgehead atoms. The molecule has 0 amide bonds. The molecule has 110 valence electrons. The minimum Gasteiger partial charge on any atom is -0.433 e. The zero-order valence-corrected chi connectivity index (χ0v) is 10.4. The topological polar surface area (TPSA) is 65.3 Å². The van der Waals surface area contributed by atoms with E-state index >= 15 is 0 Å². The van der Waals surface area contributed by atoms with Gasteiger partial charge in [-0.3, -0.25) is 10.1 Å². The van der Waals surface area contributed by atoms with Crippen molar-refractivity contribution in [2.45, 2.75) is 6.92 Å². The minimum atomic E-state index is -1.62. The number of aromatic nitrogens is 1. The van der Waals surface area contributed by atoms with Gasteiger partial charge in [0.05, 0.1) is 11.0 Å². The van der Waals surface area contributed by atoms with Crippen molar-refractivity contribution in [2.75, 3.05) is 0 Å². The average molecular weight is 302 g/mol. The van der Waals surface area contributed by atoms with Crippen molar-refractivity contribution in [1.29, 1.82) is 0 Å². The Labute approximate surface area is 115 Å². The second-order valence-electron chi connectivity index (χ2n) is 3.98. The molecule has 0 unspecified atom stereocenters. The maximum atomic E-state index is 13.6. The number of halogens is 4. The van der Waals surface area contributed by atoms with E-state index in [1.165, 1.54) is 6.92 Å². The number of hydrogen-bond donors (Lipinski definition) is 0. The van der Waals surface area contributed by atoms with Crippen molar-refractivity contribution in [3.05, 3.63) is 57.3 Å². The molecule has 5 nitrogen and oxygen atoms in total. The van der Waals surface area contributed by atoms with Crippen LogP contribution in [0, 0.1) is 40.4 Å². The third-order valence-electron chi connectivity index (χ3n) is 2.51. The highest BCUT2D eigenvalue weighted by atomic mass is 19.2. The zero-order valence-electron chi connectivity index (χ0n) is 10.4. The fraction of sp³-hybridized carbons (Fsp3) is 0.0833. The molecule has 0 spiro atoms. The van der Waals surface area contributed by atoms with Gasteiger partial charge in [-0.2, -0.15) is 9.37 Å².